The molecular formula is C12H22N2O3S. The van der Waals surface area contributed by atoms with E-state index in [1.807, 2.05) is 25.6 Å². The highest BCUT2D eigenvalue weighted by atomic mass is 32.2. The minimum atomic E-state index is -0.838. The molecule has 0 spiro atoms. The molecule has 104 valence electrons. The zero-order valence-electron chi connectivity index (χ0n) is 11.0. The number of rotatable bonds is 5. The summed E-state index contributed by atoms with van der Waals surface area (Å²) >= 11 is 1.91. The van der Waals surface area contributed by atoms with Crippen LogP contribution in [0.25, 0.3) is 0 Å². The molecular weight excluding hydrogens is 252 g/mol. The van der Waals surface area contributed by atoms with E-state index < -0.39 is 11.5 Å². The van der Waals surface area contributed by atoms with Crippen molar-refractivity contribution in [2.24, 2.45) is 0 Å². The van der Waals surface area contributed by atoms with Gasteiger partial charge in [-0.1, -0.05) is 0 Å². The first-order valence-corrected chi connectivity index (χ1v) is 7.43. The van der Waals surface area contributed by atoms with E-state index in [-0.39, 0.29) is 18.5 Å². The Balaban J connectivity index is 2.30. The van der Waals surface area contributed by atoms with Gasteiger partial charge in [0.15, 0.2) is 0 Å². The molecule has 1 aliphatic rings. The van der Waals surface area contributed by atoms with Gasteiger partial charge in [-0.25, -0.2) is 4.79 Å². The molecule has 0 radical (unpaired) electrons. The van der Waals surface area contributed by atoms with E-state index in [0.717, 1.165) is 24.3 Å². The van der Waals surface area contributed by atoms with Gasteiger partial charge < -0.3 is 15.7 Å². The minimum Gasteiger partial charge on any atom is -0.481 e. The van der Waals surface area contributed by atoms with Crippen LogP contribution in [0.4, 0.5) is 4.79 Å². The van der Waals surface area contributed by atoms with Crippen molar-refractivity contribution < 1.29 is 14.7 Å². The van der Waals surface area contributed by atoms with Gasteiger partial charge in [-0.05, 0) is 44.6 Å². The van der Waals surface area contributed by atoms with Gasteiger partial charge in [0.1, 0.15) is 0 Å². The van der Waals surface area contributed by atoms with E-state index in [1.54, 1.807) is 0 Å². The van der Waals surface area contributed by atoms with Gasteiger partial charge in [-0.3, -0.25) is 4.79 Å². The van der Waals surface area contributed by atoms with Crippen LogP contribution in [0.15, 0.2) is 0 Å². The Morgan fingerprint density at radius 1 is 1.33 bits per heavy atom. The molecule has 3 N–H and O–H groups in total. The molecule has 5 nitrogen and oxygen atoms in total. The van der Waals surface area contributed by atoms with Crippen molar-refractivity contribution in [1.82, 2.24) is 10.6 Å². The van der Waals surface area contributed by atoms with Crippen LogP contribution in [0.1, 0.15) is 39.5 Å². The lowest BCUT2D eigenvalue weighted by atomic mass is 9.99. The van der Waals surface area contributed by atoms with E-state index in [1.165, 1.54) is 0 Å². The topological polar surface area (TPSA) is 78.4 Å². The second-order valence-corrected chi connectivity index (χ2v) is 6.49. The number of hydrogen-bond acceptors (Lipinski definition) is 3. The van der Waals surface area contributed by atoms with Gasteiger partial charge >= 0.3 is 12.0 Å². The molecule has 6 heteroatoms. The number of urea groups is 1. The lowest BCUT2D eigenvalue weighted by Gasteiger charge is -2.28. The summed E-state index contributed by atoms with van der Waals surface area (Å²) in [6, 6.07) is 0.0591. The fourth-order valence-electron chi connectivity index (χ4n) is 1.85. The van der Waals surface area contributed by atoms with Crippen molar-refractivity contribution in [2.75, 3.05) is 11.5 Å². The average Bonchev–Trinajstić information content (AvgIpc) is 2.27. The molecule has 0 aromatic carbocycles. The summed E-state index contributed by atoms with van der Waals surface area (Å²) in [7, 11) is 0. The minimum absolute atomic E-state index is 0.0628. The van der Waals surface area contributed by atoms with E-state index >= 15 is 0 Å². The third-order valence-corrected chi connectivity index (χ3v) is 4.02. The van der Waals surface area contributed by atoms with Gasteiger partial charge in [0.2, 0.25) is 0 Å². The number of amides is 2. The SMILES string of the molecule is CC(C)(CCC(=O)O)NC(=O)NC1CCSCC1. The molecule has 1 aliphatic heterocycles. The number of carbonyl (C=O) groups excluding carboxylic acids is 1. The standard InChI is InChI=1S/C12H22N2O3S/c1-12(2,6-3-10(15)16)14-11(17)13-9-4-7-18-8-5-9/h9H,3-8H2,1-2H3,(H,15,16)(H2,13,14,17). The number of carbonyl (C=O) groups is 2. The van der Waals surface area contributed by atoms with Crippen molar-refractivity contribution in [1.29, 1.82) is 0 Å². The van der Waals surface area contributed by atoms with E-state index in [0.29, 0.717) is 6.42 Å². The highest BCUT2D eigenvalue weighted by Crippen LogP contribution is 2.17. The number of carboxylic acids is 1. The van der Waals surface area contributed by atoms with Crippen LogP contribution in [0, 0.1) is 0 Å². The van der Waals surface area contributed by atoms with Crippen LogP contribution in [0.2, 0.25) is 0 Å². The van der Waals surface area contributed by atoms with Crippen molar-refractivity contribution in [3.05, 3.63) is 0 Å². The number of carboxylic acid groups (broad SMARTS) is 1. The number of aliphatic carboxylic acids is 1. The first-order valence-electron chi connectivity index (χ1n) is 6.27. The number of nitrogens with one attached hydrogen (secondary N) is 2. The molecule has 2 amide bonds. The summed E-state index contributed by atoms with van der Waals surface area (Å²) in [6.07, 6.45) is 2.50. The number of hydrogen-bond donors (Lipinski definition) is 3. The molecule has 0 saturated carbocycles. The lowest BCUT2D eigenvalue weighted by Crippen LogP contribution is -2.51. The van der Waals surface area contributed by atoms with Crippen LogP contribution in [0.3, 0.4) is 0 Å². The van der Waals surface area contributed by atoms with Crippen molar-refractivity contribution >= 4 is 23.8 Å². The highest BCUT2D eigenvalue weighted by molar-refractivity contribution is 7.99. The molecule has 0 atom stereocenters. The Bertz CT molecular complexity index is 302. The maximum atomic E-state index is 11.8. The zero-order valence-corrected chi connectivity index (χ0v) is 11.8. The predicted octanol–water partition coefficient (Wildman–Crippen LogP) is 1.82. The van der Waals surface area contributed by atoms with Crippen LogP contribution in [0.5, 0.6) is 0 Å². The first-order chi connectivity index (χ1) is 8.39. The Kier molecular flexibility index (Phi) is 5.78. The second-order valence-electron chi connectivity index (χ2n) is 5.26. The number of thioether (sulfide) groups is 1. The molecule has 18 heavy (non-hydrogen) atoms. The summed E-state index contributed by atoms with van der Waals surface area (Å²) in [5, 5.41) is 14.4. The Morgan fingerprint density at radius 2 is 1.94 bits per heavy atom. The fraction of sp³-hybridized carbons (Fsp3) is 0.833. The first kappa shape index (κ1) is 15.1. The van der Waals surface area contributed by atoms with E-state index in [9.17, 15) is 9.59 Å². The fourth-order valence-corrected chi connectivity index (χ4v) is 2.96. The van der Waals surface area contributed by atoms with Crippen LogP contribution in [-0.4, -0.2) is 40.2 Å². The molecule has 1 saturated heterocycles. The van der Waals surface area contributed by atoms with Crippen molar-refractivity contribution in [2.45, 2.75) is 51.1 Å². The Morgan fingerprint density at radius 3 is 2.50 bits per heavy atom. The molecule has 0 aliphatic carbocycles. The summed E-state index contributed by atoms with van der Waals surface area (Å²) < 4.78 is 0. The molecule has 0 aromatic heterocycles. The lowest BCUT2D eigenvalue weighted by molar-refractivity contribution is -0.137. The summed E-state index contributed by atoms with van der Waals surface area (Å²) in [6.45, 7) is 3.68. The maximum Gasteiger partial charge on any atom is 0.315 e. The summed E-state index contributed by atoms with van der Waals surface area (Å²) in [4.78, 5) is 22.3. The van der Waals surface area contributed by atoms with Gasteiger partial charge in [-0.15, -0.1) is 0 Å². The highest BCUT2D eigenvalue weighted by Gasteiger charge is 2.23. The molecule has 0 unspecified atom stereocenters. The molecule has 1 fully saturated rings. The third kappa shape index (κ3) is 6.14. The van der Waals surface area contributed by atoms with Gasteiger partial charge in [0, 0.05) is 18.0 Å². The average molecular weight is 274 g/mol. The monoisotopic (exact) mass is 274 g/mol. The van der Waals surface area contributed by atoms with Crippen molar-refractivity contribution in [3.8, 4) is 0 Å². The predicted molar refractivity (Wildman–Crippen MR) is 73.0 cm³/mol. The summed E-state index contributed by atoms with van der Waals surface area (Å²) in [5.74, 6) is 1.34. The van der Waals surface area contributed by atoms with E-state index in [4.69, 9.17) is 5.11 Å². The van der Waals surface area contributed by atoms with Gasteiger partial charge in [-0.2, -0.15) is 11.8 Å². The van der Waals surface area contributed by atoms with Gasteiger partial charge in [0.25, 0.3) is 0 Å². The normalized spacial score (nSPS) is 17.2. The van der Waals surface area contributed by atoms with Crippen LogP contribution >= 0.6 is 11.8 Å². The summed E-state index contributed by atoms with van der Waals surface area (Å²) in [5.41, 5.74) is -0.494. The second kappa shape index (κ2) is 6.87. The zero-order chi connectivity index (χ0) is 13.6. The van der Waals surface area contributed by atoms with Crippen LogP contribution < -0.4 is 10.6 Å². The largest absolute Gasteiger partial charge is 0.481 e. The van der Waals surface area contributed by atoms with Crippen LogP contribution in [-0.2, 0) is 4.79 Å². The smallest absolute Gasteiger partial charge is 0.315 e. The Hall–Kier alpha value is -0.910. The Labute approximate surface area is 112 Å². The molecule has 1 heterocycles. The molecule has 0 aromatic rings. The molecule has 0 bridgehead atoms. The third-order valence-electron chi connectivity index (χ3n) is 2.97. The van der Waals surface area contributed by atoms with E-state index in [2.05, 4.69) is 10.6 Å². The van der Waals surface area contributed by atoms with Gasteiger partial charge in [0.05, 0.1) is 0 Å². The van der Waals surface area contributed by atoms with Crippen molar-refractivity contribution in [3.63, 3.8) is 0 Å². The molecule has 1 rings (SSSR count). The quantitative estimate of drug-likeness (QED) is 0.714. The maximum absolute atomic E-state index is 11.8.